The number of nitrogens with two attached hydrogens (primary N) is 3. The smallest absolute Gasteiger partial charge is 0.196 e. The molecule has 0 unspecified atom stereocenters. The number of nitrogens with zero attached hydrogens (tertiary/aromatic N) is 2. The summed E-state index contributed by atoms with van der Waals surface area (Å²) in [6.07, 6.45) is 0. The molecular weight excluding hydrogens is 253 g/mol. The van der Waals surface area contributed by atoms with Gasteiger partial charge in [-0.25, -0.2) is 14.4 Å². The third-order valence-electron chi connectivity index (χ3n) is 2.19. The zero-order valence-corrected chi connectivity index (χ0v) is 10.2. The SMILES string of the molecule is NCc1cc(F)ccc1Sc1nc(N)cc(N)n1. The number of aromatic nitrogens is 2. The molecule has 1 aromatic heterocycles. The van der Waals surface area contributed by atoms with E-state index in [1.54, 1.807) is 6.07 Å². The van der Waals surface area contributed by atoms with E-state index in [1.165, 1.54) is 30.0 Å². The zero-order valence-electron chi connectivity index (χ0n) is 9.43. The highest BCUT2D eigenvalue weighted by Gasteiger charge is 2.08. The van der Waals surface area contributed by atoms with E-state index in [2.05, 4.69) is 9.97 Å². The van der Waals surface area contributed by atoms with Crippen LogP contribution in [-0.2, 0) is 6.54 Å². The maximum atomic E-state index is 13.1. The minimum atomic E-state index is -0.326. The molecular formula is C11H12FN5S. The lowest BCUT2D eigenvalue weighted by Gasteiger charge is -2.07. The number of rotatable bonds is 3. The van der Waals surface area contributed by atoms with Gasteiger partial charge in [0.25, 0.3) is 0 Å². The predicted molar refractivity (Wildman–Crippen MR) is 69.3 cm³/mol. The van der Waals surface area contributed by atoms with Gasteiger partial charge in [-0.2, -0.15) is 0 Å². The maximum Gasteiger partial charge on any atom is 0.196 e. The molecule has 2 rings (SSSR count). The molecule has 1 heterocycles. The Morgan fingerprint density at radius 2 is 1.78 bits per heavy atom. The van der Waals surface area contributed by atoms with E-state index in [4.69, 9.17) is 17.2 Å². The Morgan fingerprint density at radius 1 is 1.11 bits per heavy atom. The Morgan fingerprint density at radius 3 is 2.39 bits per heavy atom. The van der Waals surface area contributed by atoms with Crippen molar-refractivity contribution in [3.05, 3.63) is 35.6 Å². The van der Waals surface area contributed by atoms with E-state index in [0.717, 1.165) is 4.90 Å². The van der Waals surface area contributed by atoms with Crippen LogP contribution in [0.3, 0.4) is 0 Å². The molecule has 0 bridgehead atoms. The second kappa shape index (κ2) is 5.19. The van der Waals surface area contributed by atoms with Gasteiger partial charge in [0.05, 0.1) is 0 Å². The first-order valence-electron chi connectivity index (χ1n) is 5.15. The molecule has 5 nitrogen and oxygen atoms in total. The average Bonchev–Trinajstić information content (AvgIpc) is 2.30. The van der Waals surface area contributed by atoms with Crippen molar-refractivity contribution in [3.63, 3.8) is 0 Å². The van der Waals surface area contributed by atoms with Crippen molar-refractivity contribution in [2.75, 3.05) is 11.5 Å². The molecule has 0 aliphatic rings. The Kier molecular flexibility index (Phi) is 3.63. The average molecular weight is 265 g/mol. The molecule has 0 aliphatic carbocycles. The Hall–Kier alpha value is -1.86. The van der Waals surface area contributed by atoms with Crippen LogP contribution in [0.15, 0.2) is 34.3 Å². The number of benzene rings is 1. The lowest BCUT2D eigenvalue weighted by Crippen LogP contribution is -2.01. The van der Waals surface area contributed by atoms with Crippen LogP contribution >= 0.6 is 11.8 Å². The van der Waals surface area contributed by atoms with E-state index < -0.39 is 0 Å². The molecule has 6 N–H and O–H groups in total. The van der Waals surface area contributed by atoms with Gasteiger partial charge < -0.3 is 17.2 Å². The Labute approximate surface area is 108 Å². The summed E-state index contributed by atoms with van der Waals surface area (Å²) in [5, 5.41) is 0.411. The van der Waals surface area contributed by atoms with Gasteiger partial charge in [0, 0.05) is 17.5 Å². The van der Waals surface area contributed by atoms with E-state index in [0.29, 0.717) is 22.4 Å². The second-order valence-electron chi connectivity index (χ2n) is 3.56. The van der Waals surface area contributed by atoms with Crippen molar-refractivity contribution in [1.29, 1.82) is 0 Å². The molecule has 0 saturated carbocycles. The van der Waals surface area contributed by atoms with E-state index >= 15 is 0 Å². The molecule has 1 aromatic carbocycles. The van der Waals surface area contributed by atoms with Crippen molar-refractivity contribution in [1.82, 2.24) is 9.97 Å². The first kappa shape index (κ1) is 12.6. The minimum Gasteiger partial charge on any atom is -0.383 e. The Bertz CT molecular complexity index is 555. The highest BCUT2D eigenvalue weighted by atomic mass is 32.2. The summed E-state index contributed by atoms with van der Waals surface area (Å²) in [6.45, 7) is 0.234. The fourth-order valence-electron chi connectivity index (χ4n) is 1.41. The van der Waals surface area contributed by atoms with Crippen LogP contribution in [0.25, 0.3) is 0 Å². The van der Waals surface area contributed by atoms with Gasteiger partial charge in [-0.1, -0.05) is 0 Å². The first-order valence-corrected chi connectivity index (χ1v) is 5.96. The van der Waals surface area contributed by atoms with Gasteiger partial charge in [0.15, 0.2) is 5.16 Å². The third-order valence-corrected chi connectivity index (χ3v) is 3.17. The largest absolute Gasteiger partial charge is 0.383 e. The van der Waals surface area contributed by atoms with Gasteiger partial charge >= 0.3 is 0 Å². The van der Waals surface area contributed by atoms with Crippen molar-refractivity contribution in [2.24, 2.45) is 5.73 Å². The molecule has 2 aromatic rings. The monoisotopic (exact) mass is 265 g/mol. The third kappa shape index (κ3) is 2.88. The molecule has 7 heteroatoms. The predicted octanol–water partition coefficient (Wildman–Crippen LogP) is 1.39. The summed E-state index contributed by atoms with van der Waals surface area (Å²) >= 11 is 1.25. The maximum absolute atomic E-state index is 13.1. The second-order valence-corrected chi connectivity index (χ2v) is 4.57. The number of nitrogen functional groups attached to an aromatic ring is 2. The van der Waals surface area contributed by atoms with E-state index in [-0.39, 0.29) is 12.4 Å². The highest BCUT2D eigenvalue weighted by molar-refractivity contribution is 7.99. The molecule has 0 aliphatic heterocycles. The molecule has 18 heavy (non-hydrogen) atoms. The summed E-state index contributed by atoms with van der Waals surface area (Å²) in [5.41, 5.74) is 17.4. The highest BCUT2D eigenvalue weighted by Crippen LogP contribution is 2.29. The molecule has 0 fully saturated rings. The van der Waals surface area contributed by atoms with E-state index in [1.807, 2.05) is 0 Å². The van der Waals surface area contributed by atoms with Crippen molar-refractivity contribution in [2.45, 2.75) is 16.6 Å². The minimum absolute atomic E-state index is 0.234. The van der Waals surface area contributed by atoms with Gasteiger partial charge in [-0.05, 0) is 35.5 Å². The zero-order chi connectivity index (χ0) is 13.1. The standard InChI is InChI=1S/C11H12FN5S/c12-7-1-2-8(6(3-7)5-13)18-11-16-9(14)4-10(15)17-11/h1-4H,5,13H2,(H4,14,15,16,17). The van der Waals surface area contributed by atoms with Crippen LogP contribution in [0.2, 0.25) is 0 Å². The molecule has 0 radical (unpaired) electrons. The van der Waals surface area contributed by atoms with E-state index in [9.17, 15) is 4.39 Å². The van der Waals surface area contributed by atoms with Gasteiger partial charge in [-0.3, -0.25) is 0 Å². The van der Waals surface area contributed by atoms with Crippen molar-refractivity contribution < 1.29 is 4.39 Å². The lowest BCUT2D eigenvalue weighted by molar-refractivity contribution is 0.623. The summed E-state index contributed by atoms with van der Waals surface area (Å²) in [4.78, 5) is 8.87. The fourth-order valence-corrected chi connectivity index (χ4v) is 2.32. The fraction of sp³-hybridized carbons (Fsp3) is 0.0909. The topological polar surface area (TPSA) is 104 Å². The van der Waals surface area contributed by atoms with Crippen LogP contribution in [-0.4, -0.2) is 9.97 Å². The lowest BCUT2D eigenvalue weighted by atomic mass is 10.2. The van der Waals surface area contributed by atoms with Crippen LogP contribution in [0.5, 0.6) is 0 Å². The van der Waals surface area contributed by atoms with Crippen LogP contribution in [0.4, 0.5) is 16.0 Å². The van der Waals surface area contributed by atoms with Crippen molar-refractivity contribution >= 4 is 23.4 Å². The van der Waals surface area contributed by atoms with Crippen LogP contribution in [0, 0.1) is 5.82 Å². The molecule has 0 saturated heterocycles. The van der Waals surface area contributed by atoms with Crippen LogP contribution < -0.4 is 17.2 Å². The Balaban J connectivity index is 2.33. The molecule has 0 atom stereocenters. The first-order chi connectivity index (χ1) is 8.58. The number of anilines is 2. The van der Waals surface area contributed by atoms with Crippen molar-refractivity contribution in [3.8, 4) is 0 Å². The van der Waals surface area contributed by atoms with Gasteiger partial charge in [0.2, 0.25) is 0 Å². The van der Waals surface area contributed by atoms with Gasteiger partial charge in [-0.15, -0.1) is 0 Å². The number of hydrogen-bond acceptors (Lipinski definition) is 6. The molecule has 0 spiro atoms. The summed E-state index contributed by atoms with van der Waals surface area (Å²) in [7, 11) is 0. The number of hydrogen-bond donors (Lipinski definition) is 3. The summed E-state index contributed by atoms with van der Waals surface area (Å²) < 4.78 is 13.1. The molecule has 94 valence electrons. The summed E-state index contributed by atoms with van der Waals surface area (Å²) in [5.74, 6) is 0.260. The normalized spacial score (nSPS) is 10.6. The van der Waals surface area contributed by atoms with Gasteiger partial charge in [0.1, 0.15) is 17.5 Å². The number of halogens is 1. The molecule has 0 amide bonds. The quantitative estimate of drug-likeness (QED) is 0.724. The summed E-state index contributed by atoms with van der Waals surface area (Å²) in [6, 6.07) is 5.85. The van der Waals surface area contributed by atoms with Crippen LogP contribution in [0.1, 0.15) is 5.56 Å².